The molecule has 1 amide bonds. The SMILES string of the molecule is Nc1ncccc1-c1nc2ccc(-c3ccccc3)nc2n1-c1ccc(CNC(=O)Cc2ccc(C=O)c(=O)[nH]2)cc1. The molecule has 6 rings (SSSR count). The first-order valence-corrected chi connectivity index (χ1v) is 13.2. The molecule has 0 radical (unpaired) electrons. The van der Waals surface area contributed by atoms with Crippen LogP contribution in [0.5, 0.6) is 0 Å². The summed E-state index contributed by atoms with van der Waals surface area (Å²) in [6.07, 6.45) is 2.10. The van der Waals surface area contributed by atoms with Crippen LogP contribution in [0.15, 0.2) is 102 Å². The summed E-state index contributed by atoms with van der Waals surface area (Å²) in [6, 6.07) is 28.2. The number of imidazole rings is 1. The summed E-state index contributed by atoms with van der Waals surface area (Å²) in [6.45, 7) is 0.291. The predicted molar refractivity (Wildman–Crippen MR) is 160 cm³/mol. The second-order valence-corrected chi connectivity index (χ2v) is 9.62. The third kappa shape index (κ3) is 5.28. The Bertz CT molecular complexity index is 1980. The normalized spacial score (nSPS) is 11.0. The van der Waals surface area contributed by atoms with E-state index in [2.05, 4.69) is 15.3 Å². The van der Waals surface area contributed by atoms with Gasteiger partial charge in [-0.25, -0.2) is 15.0 Å². The zero-order valence-corrected chi connectivity index (χ0v) is 22.3. The molecule has 0 fully saturated rings. The number of carbonyl (C=O) groups excluding carboxylic acids is 2. The summed E-state index contributed by atoms with van der Waals surface area (Å²) in [5.74, 6) is 0.712. The van der Waals surface area contributed by atoms with E-state index in [1.165, 1.54) is 6.07 Å². The smallest absolute Gasteiger partial charge is 0.258 e. The topological polar surface area (TPSA) is 149 Å². The number of hydrogen-bond acceptors (Lipinski definition) is 7. The van der Waals surface area contributed by atoms with Crippen molar-refractivity contribution in [2.75, 3.05) is 5.73 Å². The van der Waals surface area contributed by atoms with E-state index in [0.29, 0.717) is 46.9 Å². The Morgan fingerprint density at radius 3 is 2.48 bits per heavy atom. The molecule has 2 aromatic carbocycles. The number of aromatic amines is 1. The molecule has 4 heterocycles. The Morgan fingerprint density at radius 2 is 1.74 bits per heavy atom. The van der Waals surface area contributed by atoms with E-state index in [-0.39, 0.29) is 17.9 Å². The summed E-state index contributed by atoms with van der Waals surface area (Å²) < 4.78 is 1.96. The van der Waals surface area contributed by atoms with Gasteiger partial charge in [-0.05, 0) is 54.1 Å². The molecular weight excluding hydrogens is 530 g/mol. The number of benzene rings is 2. The number of rotatable bonds is 8. The fraction of sp³-hybridized carbons (Fsp3) is 0.0625. The Hall–Kier alpha value is -5.90. The van der Waals surface area contributed by atoms with Crippen molar-refractivity contribution in [3.63, 3.8) is 0 Å². The van der Waals surface area contributed by atoms with Gasteiger partial charge in [0.05, 0.1) is 23.2 Å². The average molecular weight is 556 g/mol. The highest BCUT2D eigenvalue weighted by atomic mass is 16.2. The van der Waals surface area contributed by atoms with Crippen LogP contribution in [0.1, 0.15) is 21.6 Å². The van der Waals surface area contributed by atoms with Crippen LogP contribution in [0.25, 0.3) is 39.5 Å². The monoisotopic (exact) mass is 555 g/mol. The van der Waals surface area contributed by atoms with Crippen LogP contribution < -0.4 is 16.6 Å². The third-order valence-electron chi connectivity index (χ3n) is 6.82. The molecule has 0 atom stereocenters. The summed E-state index contributed by atoms with van der Waals surface area (Å²) in [5.41, 5.74) is 11.7. The molecule has 4 aromatic heterocycles. The summed E-state index contributed by atoms with van der Waals surface area (Å²) >= 11 is 0. The van der Waals surface area contributed by atoms with Crippen LogP contribution in [-0.4, -0.2) is 36.7 Å². The molecule has 4 N–H and O–H groups in total. The lowest BCUT2D eigenvalue weighted by Crippen LogP contribution is -2.26. The average Bonchev–Trinajstić information content (AvgIpc) is 3.39. The number of carbonyl (C=O) groups is 2. The number of H-pyrrole nitrogens is 1. The highest BCUT2D eigenvalue weighted by molar-refractivity contribution is 5.84. The number of aldehydes is 1. The van der Waals surface area contributed by atoms with E-state index in [1.54, 1.807) is 12.3 Å². The first-order chi connectivity index (χ1) is 20.5. The van der Waals surface area contributed by atoms with Gasteiger partial charge < -0.3 is 16.0 Å². The van der Waals surface area contributed by atoms with E-state index in [4.69, 9.17) is 15.7 Å². The van der Waals surface area contributed by atoms with Crippen molar-refractivity contribution in [1.82, 2.24) is 29.8 Å². The number of aromatic nitrogens is 5. The van der Waals surface area contributed by atoms with Crippen LogP contribution >= 0.6 is 0 Å². The first kappa shape index (κ1) is 26.3. The highest BCUT2D eigenvalue weighted by Crippen LogP contribution is 2.31. The molecule has 0 unspecified atom stereocenters. The van der Waals surface area contributed by atoms with Crippen molar-refractivity contribution in [1.29, 1.82) is 0 Å². The maximum absolute atomic E-state index is 12.5. The maximum Gasteiger partial charge on any atom is 0.258 e. The second-order valence-electron chi connectivity index (χ2n) is 9.62. The minimum Gasteiger partial charge on any atom is -0.383 e. The molecule has 0 aliphatic carbocycles. The molecule has 10 heteroatoms. The number of fused-ring (bicyclic) bond motifs is 1. The quantitative estimate of drug-likeness (QED) is 0.240. The van der Waals surface area contributed by atoms with Gasteiger partial charge in [0.2, 0.25) is 5.91 Å². The number of nitrogen functional groups attached to an aromatic ring is 1. The molecule has 6 aromatic rings. The minimum atomic E-state index is -0.518. The molecule has 0 bridgehead atoms. The second kappa shape index (κ2) is 11.3. The predicted octanol–water partition coefficient (Wildman–Crippen LogP) is 4.09. The van der Waals surface area contributed by atoms with Gasteiger partial charge in [0.15, 0.2) is 17.8 Å². The number of amides is 1. The molecule has 206 valence electrons. The number of anilines is 1. The first-order valence-electron chi connectivity index (χ1n) is 13.2. The lowest BCUT2D eigenvalue weighted by molar-refractivity contribution is -0.120. The van der Waals surface area contributed by atoms with Crippen LogP contribution in [0.3, 0.4) is 0 Å². The zero-order chi connectivity index (χ0) is 29.1. The Kier molecular flexibility index (Phi) is 7.08. The molecule has 0 spiro atoms. The van der Waals surface area contributed by atoms with Gasteiger partial charge in [-0.2, -0.15) is 0 Å². The molecule has 0 saturated carbocycles. The number of nitrogens with two attached hydrogens (primary N) is 1. The third-order valence-corrected chi connectivity index (χ3v) is 6.82. The van der Waals surface area contributed by atoms with Crippen molar-refractivity contribution in [2.45, 2.75) is 13.0 Å². The van der Waals surface area contributed by atoms with E-state index in [0.717, 1.165) is 22.5 Å². The Balaban J connectivity index is 1.29. The number of hydrogen-bond donors (Lipinski definition) is 3. The number of nitrogens with one attached hydrogen (secondary N) is 2. The number of nitrogens with zero attached hydrogens (tertiary/aromatic N) is 4. The summed E-state index contributed by atoms with van der Waals surface area (Å²) in [5, 5.41) is 2.86. The van der Waals surface area contributed by atoms with Crippen molar-refractivity contribution in [2.24, 2.45) is 0 Å². The van der Waals surface area contributed by atoms with Crippen molar-refractivity contribution < 1.29 is 9.59 Å². The van der Waals surface area contributed by atoms with Gasteiger partial charge in [-0.15, -0.1) is 0 Å². The standard InChI is InChI=1S/C32H25N7O3/c33-29-25(7-4-16-34-29)30-38-27-15-14-26(21-5-2-1-3-6-21)37-31(27)39(30)24-12-8-20(9-13-24)18-35-28(41)17-23-11-10-22(19-40)32(42)36-23/h1-16,19H,17-18H2,(H2,33,34)(H,35,41)(H,36,42). The maximum atomic E-state index is 12.5. The van der Waals surface area contributed by atoms with Crippen LogP contribution in [-0.2, 0) is 17.8 Å². The van der Waals surface area contributed by atoms with E-state index >= 15 is 0 Å². The minimum absolute atomic E-state index is 0.0151. The Labute approximate surface area is 239 Å². The summed E-state index contributed by atoms with van der Waals surface area (Å²) in [7, 11) is 0. The van der Waals surface area contributed by atoms with Gasteiger partial charge in [0.1, 0.15) is 11.3 Å². The Morgan fingerprint density at radius 1 is 0.929 bits per heavy atom. The van der Waals surface area contributed by atoms with Crippen molar-refractivity contribution >= 4 is 29.2 Å². The lowest BCUT2D eigenvalue weighted by atomic mass is 10.1. The highest BCUT2D eigenvalue weighted by Gasteiger charge is 2.19. The molecule has 42 heavy (non-hydrogen) atoms. The lowest BCUT2D eigenvalue weighted by Gasteiger charge is -2.12. The van der Waals surface area contributed by atoms with Crippen LogP contribution in [0.4, 0.5) is 5.82 Å². The molecule has 0 aliphatic rings. The van der Waals surface area contributed by atoms with Gasteiger partial charge in [-0.3, -0.25) is 19.0 Å². The van der Waals surface area contributed by atoms with Gasteiger partial charge >= 0.3 is 0 Å². The fourth-order valence-corrected chi connectivity index (χ4v) is 4.68. The molecule has 0 aliphatic heterocycles. The zero-order valence-electron chi connectivity index (χ0n) is 22.3. The molecule has 0 saturated heterocycles. The molecule has 10 nitrogen and oxygen atoms in total. The van der Waals surface area contributed by atoms with E-state index in [9.17, 15) is 14.4 Å². The van der Waals surface area contributed by atoms with E-state index < -0.39 is 5.56 Å². The summed E-state index contributed by atoms with van der Waals surface area (Å²) in [4.78, 5) is 51.8. The van der Waals surface area contributed by atoms with Crippen molar-refractivity contribution in [3.05, 3.63) is 124 Å². The van der Waals surface area contributed by atoms with Crippen LogP contribution in [0.2, 0.25) is 0 Å². The van der Waals surface area contributed by atoms with Gasteiger partial charge in [0, 0.05) is 29.7 Å². The van der Waals surface area contributed by atoms with Crippen molar-refractivity contribution in [3.8, 4) is 28.3 Å². The largest absolute Gasteiger partial charge is 0.383 e. The van der Waals surface area contributed by atoms with E-state index in [1.807, 2.05) is 83.4 Å². The van der Waals surface area contributed by atoms with Gasteiger partial charge in [-0.1, -0.05) is 42.5 Å². The number of pyridine rings is 3. The van der Waals surface area contributed by atoms with Crippen LogP contribution in [0, 0.1) is 0 Å². The molecular formula is C32H25N7O3. The van der Waals surface area contributed by atoms with Gasteiger partial charge in [0.25, 0.3) is 5.56 Å². The fourth-order valence-electron chi connectivity index (χ4n) is 4.68.